The lowest BCUT2D eigenvalue weighted by molar-refractivity contribution is 0.0368. The number of piperazine rings is 1. The van der Waals surface area contributed by atoms with Crippen LogP contribution in [0.5, 0.6) is 5.88 Å². The van der Waals surface area contributed by atoms with Crippen LogP contribution in [0.4, 0.5) is 0 Å². The summed E-state index contributed by atoms with van der Waals surface area (Å²) in [6.07, 6.45) is 1.75. The van der Waals surface area contributed by atoms with Crippen molar-refractivity contribution in [1.82, 2.24) is 34.1 Å². The summed E-state index contributed by atoms with van der Waals surface area (Å²) in [5.41, 5.74) is 0.737. The van der Waals surface area contributed by atoms with Gasteiger partial charge in [-0.3, -0.25) is 4.79 Å². The van der Waals surface area contributed by atoms with Crippen LogP contribution in [0, 0.1) is 0 Å². The molecular formula is C24H35N7O7S. The first-order valence-corrected chi connectivity index (χ1v) is 14.3. The van der Waals surface area contributed by atoms with Gasteiger partial charge in [-0.15, -0.1) is 9.94 Å². The second-order valence-electron chi connectivity index (χ2n) is 8.81. The Morgan fingerprint density at radius 2 is 1.72 bits per heavy atom. The number of rotatable bonds is 13. The van der Waals surface area contributed by atoms with Gasteiger partial charge in [0.2, 0.25) is 15.9 Å². The number of sulfonamides is 1. The molecule has 0 unspecified atom stereocenters. The van der Waals surface area contributed by atoms with Crippen LogP contribution in [-0.4, -0.2) is 116 Å². The minimum Gasteiger partial charge on any atom is -0.475 e. The second-order valence-corrected chi connectivity index (χ2v) is 10.8. The highest BCUT2D eigenvalue weighted by molar-refractivity contribution is 7.89. The van der Waals surface area contributed by atoms with Crippen LogP contribution in [0.2, 0.25) is 0 Å². The fourth-order valence-corrected chi connectivity index (χ4v) is 5.66. The molecule has 15 heteroatoms. The van der Waals surface area contributed by atoms with Gasteiger partial charge in [0.15, 0.2) is 5.52 Å². The minimum atomic E-state index is -3.84. The van der Waals surface area contributed by atoms with E-state index in [1.807, 2.05) is 13.8 Å². The van der Waals surface area contributed by atoms with Crippen molar-refractivity contribution in [3.05, 3.63) is 28.3 Å². The maximum atomic E-state index is 13.5. The quantitative estimate of drug-likeness (QED) is 0.282. The molecule has 0 radical (unpaired) electrons. The van der Waals surface area contributed by atoms with E-state index in [2.05, 4.69) is 25.0 Å². The molecule has 4 heterocycles. The van der Waals surface area contributed by atoms with Crippen molar-refractivity contribution in [3.8, 4) is 17.3 Å². The number of hydrogen-bond acceptors (Lipinski definition) is 11. The number of aromatic nitrogens is 5. The lowest BCUT2D eigenvalue weighted by Crippen LogP contribution is -2.48. The van der Waals surface area contributed by atoms with Gasteiger partial charge in [0.25, 0.3) is 5.56 Å². The van der Waals surface area contributed by atoms with Crippen LogP contribution in [0.1, 0.15) is 19.5 Å². The van der Waals surface area contributed by atoms with E-state index in [0.717, 1.165) is 6.54 Å². The van der Waals surface area contributed by atoms with E-state index < -0.39 is 15.6 Å². The zero-order valence-corrected chi connectivity index (χ0v) is 23.5. The van der Waals surface area contributed by atoms with Crippen LogP contribution >= 0.6 is 0 Å². The number of nitrogens with one attached hydrogen (secondary N) is 1. The highest BCUT2D eigenvalue weighted by Gasteiger charge is 2.30. The average molecular weight is 566 g/mol. The molecule has 214 valence electrons. The summed E-state index contributed by atoms with van der Waals surface area (Å²) < 4.78 is 44.4. The van der Waals surface area contributed by atoms with Crippen molar-refractivity contribution in [2.45, 2.75) is 25.2 Å². The van der Waals surface area contributed by atoms with Crippen molar-refractivity contribution in [2.24, 2.45) is 0 Å². The summed E-state index contributed by atoms with van der Waals surface area (Å²) in [7, 11) is -0.748. The normalized spacial score (nSPS) is 15.2. The molecule has 0 aliphatic carbocycles. The Hall–Kier alpha value is -3.11. The molecule has 1 aliphatic heterocycles. The Bertz CT molecular complexity index is 1430. The van der Waals surface area contributed by atoms with Gasteiger partial charge in [-0.25, -0.2) is 18.4 Å². The van der Waals surface area contributed by atoms with Crippen LogP contribution in [-0.2, 0) is 25.9 Å². The van der Waals surface area contributed by atoms with E-state index in [-0.39, 0.29) is 47.5 Å². The molecule has 1 saturated heterocycles. The number of fused-ring (bicyclic) bond motifs is 1. The summed E-state index contributed by atoms with van der Waals surface area (Å²) in [6, 6.07) is 1.44. The van der Waals surface area contributed by atoms with Crippen molar-refractivity contribution in [3.63, 3.8) is 0 Å². The molecule has 1 N–H and O–H groups in total. The molecule has 0 spiro atoms. The number of H-pyrrole nitrogens is 1. The van der Waals surface area contributed by atoms with Crippen molar-refractivity contribution >= 4 is 21.1 Å². The minimum absolute atomic E-state index is 0.0152. The maximum Gasteiger partial charge on any atom is 0.279 e. The molecule has 0 amide bonds. The van der Waals surface area contributed by atoms with E-state index >= 15 is 0 Å². The number of nitrogens with zero attached hydrogens (tertiary/aromatic N) is 6. The highest BCUT2D eigenvalue weighted by atomic mass is 32.2. The predicted octanol–water partition coefficient (Wildman–Crippen LogP) is 0.170. The van der Waals surface area contributed by atoms with Gasteiger partial charge < -0.3 is 28.9 Å². The summed E-state index contributed by atoms with van der Waals surface area (Å²) >= 11 is 0. The van der Waals surface area contributed by atoms with Crippen LogP contribution < -0.4 is 15.1 Å². The third-order valence-corrected chi connectivity index (χ3v) is 8.31. The first kappa shape index (κ1) is 28.9. The Labute approximate surface area is 226 Å². The molecule has 3 aromatic heterocycles. The van der Waals surface area contributed by atoms with Gasteiger partial charge in [0.1, 0.15) is 35.1 Å². The van der Waals surface area contributed by atoms with Crippen molar-refractivity contribution in [1.29, 1.82) is 0 Å². The molecule has 1 aliphatic rings. The molecule has 0 aromatic carbocycles. The molecule has 0 saturated carbocycles. The van der Waals surface area contributed by atoms with Crippen LogP contribution in [0.25, 0.3) is 22.4 Å². The number of hydrogen-bond donors (Lipinski definition) is 1. The van der Waals surface area contributed by atoms with Crippen molar-refractivity contribution < 1.29 is 27.5 Å². The monoisotopic (exact) mass is 565 g/mol. The number of aromatic amines is 1. The number of aryl methyl sites for hydroxylation is 1. The SMILES string of the molecule is CCc1c2nc(-c3cc(S(=O)(=O)N4CCN(CC)CC4)cnc3OCCOC)[nH]c(=O)c2nn1OCCOC. The fourth-order valence-electron chi connectivity index (χ4n) is 4.26. The topological polar surface area (TPSA) is 154 Å². The number of ether oxygens (including phenoxy) is 3. The summed E-state index contributed by atoms with van der Waals surface area (Å²) in [6.45, 7) is 7.88. The van der Waals surface area contributed by atoms with E-state index in [4.69, 9.17) is 19.0 Å². The smallest absolute Gasteiger partial charge is 0.279 e. The predicted molar refractivity (Wildman–Crippen MR) is 142 cm³/mol. The lowest BCUT2D eigenvalue weighted by atomic mass is 10.2. The summed E-state index contributed by atoms with van der Waals surface area (Å²) in [4.78, 5) is 33.9. The van der Waals surface area contributed by atoms with E-state index in [0.29, 0.717) is 50.4 Å². The average Bonchev–Trinajstić information content (AvgIpc) is 3.31. The van der Waals surface area contributed by atoms with Gasteiger partial charge >= 0.3 is 0 Å². The Morgan fingerprint density at radius 3 is 2.38 bits per heavy atom. The van der Waals surface area contributed by atoms with Gasteiger partial charge in [0, 0.05) is 40.4 Å². The lowest BCUT2D eigenvalue weighted by Gasteiger charge is -2.33. The molecule has 14 nitrogen and oxygen atoms in total. The Kier molecular flexibility index (Phi) is 9.50. The number of likely N-dealkylation sites (N-methyl/N-ethyl adjacent to an activating group) is 1. The molecule has 39 heavy (non-hydrogen) atoms. The molecule has 0 bridgehead atoms. The first-order chi connectivity index (χ1) is 18.8. The fraction of sp³-hybridized carbons (Fsp3) is 0.583. The van der Waals surface area contributed by atoms with E-state index in [1.54, 1.807) is 7.11 Å². The van der Waals surface area contributed by atoms with Crippen LogP contribution in [0.3, 0.4) is 0 Å². The molecular weight excluding hydrogens is 530 g/mol. The van der Waals surface area contributed by atoms with Gasteiger partial charge in [-0.05, 0) is 19.0 Å². The molecule has 0 atom stereocenters. The van der Waals surface area contributed by atoms with Crippen molar-refractivity contribution in [2.75, 3.05) is 73.4 Å². The van der Waals surface area contributed by atoms with E-state index in [9.17, 15) is 13.2 Å². The summed E-state index contributed by atoms with van der Waals surface area (Å²) in [5.74, 6) is 0.220. The second kappa shape index (κ2) is 12.8. The third-order valence-electron chi connectivity index (χ3n) is 6.45. The Balaban J connectivity index is 1.78. The highest BCUT2D eigenvalue weighted by Crippen LogP contribution is 2.30. The number of pyridine rings is 1. The third kappa shape index (κ3) is 6.22. The van der Waals surface area contributed by atoms with Gasteiger partial charge in [-0.2, -0.15) is 4.31 Å². The molecule has 1 fully saturated rings. The maximum absolute atomic E-state index is 13.5. The zero-order chi connectivity index (χ0) is 28.0. The first-order valence-electron chi connectivity index (χ1n) is 12.8. The van der Waals surface area contributed by atoms with Gasteiger partial charge in [0.05, 0.1) is 25.0 Å². The summed E-state index contributed by atoms with van der Waals surface area (Å²) in [5, 5.41) is 4.27. The number of methoxy groups -OCH3 is 2. The largest absolute Gasteiger partial charge is 0.475 e. The zero-order valence-electron chi connectivity index (χ0n) is 22.7. The van der Waals surface area contributed by atoms with E-state index in [1.165, 1.54) is 28.5 Å². The Morgan fingerprint density at radius 1 is 1.00 bits per heavy atom. The molecule has 4 rings (SSSR count). The standard InChI is InChI=1S/C24H35N7O7S/c1-5-19-20-21(28-31(19)38-14-12-36-4)23(32)27-22(26-20)18-15-17(16-25-24(18)37-13-11-35-3)39(33,34)30-9-7-29(6-2)8-10-30/h15-16H,5-14H2,1-4H3,(H,26,27,32). The van der Waals surface area contributed by atoms with Crippen LogP contribution in [0.15, 0.2) is 22.0 Å². The van der Waals surface area contributed by atoms with Gasteiger partial charge in [-0.1, -0.05) is 13.8 Å². The molecule has 3 aromatic rings.